The molecule has 0 aromatic carbocycles. The van der Waals surface area contributed by atoms with Crippen molar-refractivity contribution in [3.05, 3.63) is 17.5 Å². The molecule has 80 valence electrons. The maximum Gasteiger partial charge on any atom is 0.309 e. The van der Waals surface area contributed by atoms with Crippen LogP contribution in [-0.4, -0.2) is 23.0 Å². The SMILES string of the molecule is COC(=O)[C@@H]1CCc2nc(N)ncc2C1. The lowest BCUT2D eigenvalue weighted by molar-refractivity contribution is -0.145. The van der Waals surface area contributed by atoms with Crippen molar-refractivity contribution in [2.24, 2.45) is 5.92 Å². The summed E-state index contributed by atoms with van der Waals surface area (Å²) in [7, 11) is 1.41. The fourth-order valence-electron chi connectivity index (χ4n) is 1.89. The molecule has 1 heterocycles. The van der Waals surface area contributed by atoms with Gasteiger partial charge in [0.2, 0.25) is 5.95 Å². The maximum atomic E-state index is 11.4. The summed E-state index contributed by atoms with van der Waals surface area (Å²) in [5.74, 6) is 0.0810. The van der Waals surface area contributed by atoms with Crippen molar-refractivity contribution in [3.8, 4) is 0 Å². The molecule has 2 rings (SSSR count). The summed E-state index contributed by atoms with van der Waals surface area (Å²) in [4.78, 5) is 19.4. The van der Waals surface area contributed by atoms with Gasteiger partial charge in [-0.1, -0.05) is 0 Å². The minimum absolute atomic E-state index is 0.0604. The number of hydrogen-bond donors (Lipinski definition) is 1. The summed E-state index contributed by atoms with van der Waals surface area (Å²) in [5.41, 5.74) is 7.45. The van der Waals surface area contributed by atoms with E-state index in [0.29, 0.717) is 12.4 Å². The Hall–Kier alpha value is -1.65. The fourth-order valence-corrected chi connectivity index (χ4v) is 1.89. The Morgan fingerprint density at radius 3 is 3.20 bits per heavy atom. The van der Waals surface area contributed by atoms with Gasteiger partial charge >= 0.3 is 5.97 Å². The summed E-state index contributed by atoms with van der Waals surface area (Å²) in [6.07, 6.45) is 3.90. The van der Waals surface area contributed by atoms with Crippen LogP contribution in [0, 0.1) is 5.92 Å². The molecule has 0 saturated heterocycles. The van der Waals surface area contributed by atoms with E-state index in [1.54, 1.807) is 6.20 Å². The second-order valence-corrected chi connectivity index (χ2v) is 3.66. The van der Waals surface area contributed by atoms with Crippen molar-refractivity contribution in [1.82, 2.24) is 9.97 Å². The average Bonchev–Trinajstić information content (AvgIpc) is 2.27. The second-order valence-electron chi connectivity index (χ2n) is 3.66. The topological polar surface area (TPSA) is 78.1 Å². The molecule has 1 atom stereocenters. The summed E-state index contributed by atoms with van der Waals surface area (Å²) in [6.45, 7) is 0. The van der Waals surface area contributed by atoms with E-state index in [1.165, 1.54) is 7.11 Å². The molecule has 1 aliphatic carbocycles. The number of nitrogens with two attached hydrogens (primary N) is 1. The van der Waals surface area contributed by atoms with E-state index in [4.69, 9.17) is 10.5 Å². The first kappa shape index (κ1) is 9.89. The molecule has 0 radical (unpaired) electrons. The van der Waals surface area contributed by atoms with Crippen LogP contribution in [0.4, 0.5) is 5.95 Å². The van der Waals surface area contributed by atoms with Crippen molar-refractivity contribution in [3.63, 3.8) is 0 Å². The normalized spacial score (nSPS) is 19.4. The number of hydrogen-bond acceptors (Lipinski definition) is 5. The number of carbonyl (C=O) groups excluding carboxylic acids is 1. The third-order valence-corrected chi connectivity index (χ3v) is 2.70. The Balaban J connectivity index is 2.20. The first-order chi connectivity index (χ1) is 7.20. The van der Waals surface area contributed by atoms with Gasteiger partial charge in [0.1, 0.15) is 0 Å². The zero-order valence-electron chi connectivity index (χ0n) is 8.56. The number of esters is 1. The standard InChI is InChI=1S/C10H13N3O2/c1-15-9(14)6-2-3-8-7(4-6)5-12-10(11)13-8/h5-6H,2-4H2,1H3,(H2,11,12,13)/t6-/m1/s1. The molecule has 1 aromatic heterocycles. The molecule has 0 amide bonds. The zero-order chi connectivity index (χ0) is 10.8. The highest BCUT2D eigenvalue weighted by atomic mass is 16.5. The molecular formula is C10H13N3O2. The predicted octanol–water partition coefficient (Wildman–Crippen LogP) is 0.337. The number of aromatic nitrogens is 2. The Bertz CT molecular complexity index is 392. The van der Waals surface area contributed by atoms with E-state index in [1.807, 2.05) is 0 Å². The van der Waals surface area contributed by atoms with Gasteiger partial charge in [0.25, 0.3) is 0 Å². The van der Waals surface area contributed by atoms with Gasteiger partial charge < -0.3 is 10.5 Å². The zero-order valence-corrected chi connectivity index (χ0v) is 8.56. The van der Waals surface area contributed by atoms with Crippen LogP contribution in [-0.2, 0) is 22.4 Å². The molecule has 2 N–H and O–H groups in total. The molecule has 0 unspecified atom stereocenters. The molecule has 0 bridgehead atoms. The number of rotatable bonds is 1. The molecule has 1 aromatic rings. The average molecular weight is 207 g/mol. The van der Waals surface area contributed by atoms with Crippen LogP contribution in [0.25, 0.3) is 0 Å². The maximum absolute atomic E-state index is 11.4. The van der Waals surface area contributed by atoms with Gasteiger partial charge in [-0.05, 0) is 24.8 Å². The van der Waals surface area contributed by atoms with Crippen molar-refractivity contribution in [1.29, 1.82) is 0 Å². The number of anilines is 1. The van der Waals surface area contributed by atoms with Crippen LogP contribution >= 0.6 is 0 Å². The van der Waals surface area contributed by atoms with Crippen LogP contribution < -0.4 is 5.73 Å². The lowest BCUT2D eigenvalue weighted by atomic mass is 9.87. The van der Waals surface area contributed by atoms with Crippen molar-refractivity contribution in [2.45, 2.75) is 19.3 Å². The van der Waals surface area contributed by atoms with E-state index in [2.05, 4.69) is 9.97 Å². The smallest absolute Gasteiger partial charge is 0.309 e. The largest absolute Gasteiger partial charge is 0.469 e. The minimum Gasteiger partial charge on any atom is -0.469 e. The van der Waals surface area contributed by atoms with Crippen LogP contribution in [0.1, 0.15) is 17.7 Å². The van der Waals surface area contributed by atoms with Crippen molar-refractivity contribution >= 4 is 11.9 Å². The van der Waals surface area contributed by atoms with Gasteiger partial charge in [0, 0.05) is 11.9 Å². The minimum atomic E-state index is -0.155. The molecule has 0 saturated carbocycles. The van der Waals surface area contributed by atoms with E-state index in [0.717, 1.165) is 24.1 Å². The van der Waals surface area contributed by atoms with Crippen LogP contribution in [0.2, 0.25) is 0 Å². The Morgan fingerprint density at radius 2 is 2.47 bits per heavy atom. The quantitative estimate of drug-likeness (QED) is 0.672. The van der Waals surface area contributed by atoms with Crippen molar-refractivity contribution < 1.29 is 9.53 Å². The molecule has 15 heavy (non-hydrogen) atoms. The predicted molar refractivity (Wildman–Crippen MR) is 54.0 cm³/mol. The van der Waals surface area contributed by atoms with E-state index >= 15 is 0 Å². The van der Waals surface area contributed by atoms with Gasteiger partial charge in [-0.25, -0.2) is 9.97 Å². The Labute approximate surface area is 87.7 Å². The Morgan fingerprint density at radius 1 is 1.67 bits per heavy atom. The van der Waals surface area contributed by atoms with Crippen LogP contribution in [0.3, 0.4) is 0 Å². The molecular weight excluding hydrogens is 194 g/mol. The number of ether oxygens (including phenoxy) is 1. The van der Waals surface area contributed by atoms with E-state index in [-0.39, 0.29) is 11.9 Å². The highest BCUT2D eigenvalue weighted by molar-refractivity contribution is 5.73. The molecule has 5 nitrogen and oxygen atoms in total. The molecule has 5 heteroatoms. The summed E-state index contributed by atoms with van der Waals surface area (Å²) in [6, 6.07) is 0. The number of nitrogen functional groups attached to an aromatic ring is 1. The van der Waals surface area contributed by atoms with Crippen LogP contribution in [0.5, 0.6) is 0 Å². The number of carbonyl (C=O) groups is 1. The first-order valence-corrected chi connectivity index (χ1v) is 4.89. The number of fused-ring (bicyclic) bond motifs is 1. The van der Waals surface area contributed by atoms with Crippen molar-refractivity contribution in [2.75, 3.05) is 12.8 Å². The highest BCUT2D eigenvalue weighted by Gasteiger charge is 2.26. The first-order valence-electron chi connectivity index (χ1n) is 4.89. The van der Waals surface area contributed by atoms with Gasteiger partial charge in [-0.15, -0.1) is 0 Å². The summed E-state index contributed by atoms with van der Waals surface area (Å²) >= 11 is 0. The lowest BCUT2D eigenvalue weighted by Gasteiger charge is -2.21. The number of methoxy groups -OCH3 is 1. The second kappa shape index (κ2) is 3.84. The summed E-state index contributed by atoms with van der Waals surface area (Å²) < 4.78 is 4.72. The van der Waals surface area contributed by atoms with Gasteiger partial charge in [-0.3, -0.25) is 4.79 Å². The van der Waals surface area contributed by atoms with Crippen LogP contribution in [0.15, 0.2) is 6.20 Å². The fraction of sp³-hybridized carbons (Fsp3) is 0.500. The molecule has 0 aliphatic heterocycles. The van der Waals surface area contributed by atoms with E-state index in [9.17, 15) is 4.79 Å². The molecule has 0 fully saturated rings. The van der Waals surface area contributed by atoms with E-state index < -0.39 is 0 Å². The number of aryl methyl sites for hydroxylation is 1. The summed E-state index contributed by atoms with van der Waals surface area (Å²) in [5, 5.41) is 0. The highest BCUT2D eigenvalue weighted by Crippen LogP contribution is 2.24. The third kappa shape index (κ3) is 1.91. The lowest BCUT2D eigenvalue weighted by Crippen LogP contribution is -2.24. The Kier molecular flexibility index (Phi) is 2.53. The third-order valence-electron chi connectivity index (χ3n) is 2.70. The molecule has 1 aliphatic rings. The molecule has 0 spiro atoms. The van der Waals surface area contributed by atoms with Gasteiger partial charge in [-0.2, -0.15) is 0 Å². The monoisotopic (exact) mass is 207 g/mol. The van der Waals surface area contributed by atoms with Gasteiger partial charge in [0.15, 0.2) is 0 Å². The van der Waals surface area contributed by atoms with Gasteiger partial charge in [0.05, 0.1) is 13.0 Å². The number of nitrogens with zero attached hydrogens (tertiary/aromatic N) is 2.